The van der Waals surface area contributed by atoms with E-state index in [2.05, 4.69) is 56.3 Å². The van der Waals surface area contributed by atoms with Crippen LogP contribution in [0.1, 0.15) is 36.7 Å². The molecule has 1 aromatic heterocycles. The monoisotopic (exact) mass is 447 g/mol. The van der Waals surface area contributed by atoms with Gasteiger partial charge in [0, 0.05) is 52.1 Å². The lowest BCUT2D eigenvalue weighted by Gasteiger charge is -2.34. The van der Waals surface area contributed by atoms with E-state index in [0.29, 0.717) is 42.5 Å². The third-order valence-corrected chi connectivity index (χ3v) is 6.31. The molecule has 2 N–H and O–H groups in total. The molecule has 2 heterocycles. The van der Waals surface area contributed by atoms with Crippen molar-refractivity contribution in [3.63, 3.8) is 0 Å². The van der Waals surface area contributed by atoms with Crippen LogP contribution in [0.25, 0.3) is 10.9 Å². The SMILES string of the molecule is CCN1CCN(Cc2ccc(CNC(=O)CCCc3nc4ccccc4c(=O)[nH]3)cc2)CC1. The number of aromatic nitrogens is 2. The van der Waals surface area contributed by atoms with Crippen LogP contribution in [0.4, 0.5) is 0 Å². The Morgan fingerprint density at radius 1 is 1.00 bits per heavy atom. The van der Waals surface area contributed by atoms with Gasteiger partial charge < -0.3 is 15.2 Å². The summed E-state index contributed by atoms with van der Waals surface area (Å²) in [7, 11) is 0. The van der Waals surface area contributed by atoms with Crippen LogP contribution in [0.3, 0.4) is 0 Å². The molecule has 0 saturated carbocycles. The molecule has 0 atom stereocenters. The Morgan fingerprint density at radius 3 is 2.45 bits per heavy atom. The molecule has 7 nitrogen and oxygen atoms in total. The zero-order valence-electron chi connectivity index (χ0n) is 19.3. The number of likely N-dealkylation sites (N-methyl/N-ethyl adjacent to an activating group) is 1. The largest absolute Gasteiger partial charge is 0.352 e. The van der Waals surface area contributed by atoms with Gasteiger partial charge in [-0.2, -0.15) is 0 Å². The van der Waals surface area contributed by atoms with Crippen molar-refractivity contribution in [3.05, 3.63) is 75.8 Å². The number of carbonyl (C=O) groups is 1. The van der Waals surface area contributed by atoms with E-state index in [1.807, 2.05) is 18.2 Å². The van der Waals surface area contributed by atoms with Gasteiger partial charge in [0.2, 0.25) is 5.91 Å². The summed E-state index contributed by atoms with van der Waals surface area (Å²) in [6, 6.07) is 15.8. The molecular weight excluding hydrogens is 414 g/mol. The zero-order valence-corrected chi connectivity index (χ0v) is 19.3. The average molecular weight is 448 g/mol. The van der Waals surface area contributed by atoms with Crippen LogP contribution in [0.5, 0.6) is 0 Å². The number of carbonyl (C=O) groups excluding carboxylic acids is 1. The minimum atomic E-state index is -0.133. The molecule has 0 unspecified atom stereocenters. The van der Waals surface area contributed by atoms with Crippen molar-refractivity contribution in [1.29, 1.82) is 0 Å². The Labute approximate surface area is 194 Å². The number of hydrogen-bond donors (Lipinski definition) is 2. The molecule has 0 aliphatic carbocycles. The topological polar surface area (TPSA) is 81.3 Å². The number of piperazine rings is 1. The predicted molar refractivity (Wildman–Crippen MR) is 131 cm³/mol. The van der Waals surface area contributed by atoms with Gasteiger partial charge in [0.15, 0.2) is 0 Å². The van der Waals surface area contributed by atoms with Crippen molar-refractivity contribution in [1.82, 2.24) is 25.1 Å². The van der Waals surface area contributed by atoms with E-state index in [0.717, 1.165) is 44.8 Å². The number of benzene rings is 2. The number of para-hydroxylation sites is 1. The lowest BCUT2D eigenvalue weighted by molar-refractivity contribution is -0.121. The van der Waals surface area contributed by atoms with E-state index in [4.69, 9.17) is 0 Å². The second kappa shape index (κ2) is 11.2. The molecule has 1 saturated heterocycles. The number of nitrogens with zero attached hydrogens (tertiary/aromatic N) is 3. The van der Waals surface area contributed by atoms with Crippen LogP contribution in [-0.2, 0) is 24.3 Å². The molecule has 0 radical (unpaired) electrons. The highest BCUT2D eigenvalue weighted by Crippen LogP contribution is 2.11. The van der Waals surface area contributed by atoms with Gasteiger partial charge in [-0.15, -0.1) is 0 Å². The molecule has 0 bridgehead atoms. The molecule has 1 fully saturated rings. The number of aromatic amines is 1. The molecule has 1 aliphatic heterocycles. The molecule has 1 amide bonds. The summed E-state index contributed by atoms with van der Waals surface area (Å²) in [6.45, 7) is 9.39. The van der Waals surface area contributed by atoms with Crippen LogP contribution >= 0.6 is 0 Å². The quantitative estimate of drug-likeness (QED) is 0.527. The van der Waals surface area contributed by atoms with Gasteiger partial charge in [-0.1, -0.05) is 43.3 Å². The fourth-order valence-electron chi connectivity index (χ4n) is 4.24. The van der Waals surface area contributed by atoms with Gasteiger partial charge in [-0.3, -0.25) is 14.5 Å². The number of fused-ring (bicyclic) bond motifs is 1. The Balaban J connectivity index is 1.18. The number of rotatable bonds is 9. The van der Waals surface area contributed by atoms with Crippen LogP contribution in [0.15, 0.2) is 53.3 Å². The summed E-state index contributed by atoms with van der Waals surface area (Å²) in [5.74, 6) is 0.634. The third-order valence-electron chi connectivity index (χ3n) is 6.31. The van der Waals surface area contributed by atoms with Crippen LogP contribution < -0.4 is 10.9 Å². The van der Waals surface area contributed by atoms with Gasteiger partial charge in [0.05, 0.1) is 10.9 Å². The summed E-state index contributed by atoms with van der Waals surface area (Å²) in [4.78, 5) is 36.7. The fourth-order valence-corrected chi connectivity index (χ4v) is 4.24. The number of nitrogens with one attached hydrogen (secondary N) is 2. The predicted octanol–water partition coefficient (Wildman–Crippen LogP) is 2.70. The average Bonchev–Trinajstić information content (AvgIpc) is 2.84. The maximum absolute atomic E-state index is 12.3. The van der Waals surface area contributed by atoms with Gasteiger partial charge in [-0.25, -0.2) is 4.98 Å². The first kappa shape index (κ1) is 23.1. The fraction of sp³-hybridized carbons (Fsp3) is 0.423. The number of aryl methyl sites for hydroxylation is 1. The second-order valence-corrected chi connectivity index (χ2v) is 8.69. The summed E-state index contributed by atoms with van der Waals surface area (Å²) >= 11 is 0. The van der Waals surface area contributed by atoms with Crippen LogP contribution in [-0.4, -0.2) is 58.4 Å². The smallest absolute Gasteiger partial charge is 0.258 e. The lowest BCUT2D eigenvalue weighted by atomic mass is 10.1. The van der Waals surface area contributed by atoms with Gasteiger partial charge in [-0.05, 0) is 36.2 Å². The summed E-state index contributed by atoms with van der Waals surface area (Å²) in [5.41, 5.74) is 2.97. The van der Waals surface area contributed by atoms with E-state index in [1.54, 1.807) is 6.07 Å². The van der Waals surface area contributed by atoms with Gasteiger partial charge in [0.1, 0.15) is 5.82 Å². The van der Waals surface area contributed by atoms with Crippen molar-refractivity contribution in [3.8, 4) is 0 Å². The highest BCUT2D eigenvalue weighted by Gasteiger charge is 2.15. The standard InChI is InChI=1S/C26H33N5O2/c1-2-30-14-16-31(17-15-30)19-21-12-10-20(11-13-21)18-27-25(32)9-5-8-24-28-23-7-4-3-6-22(23)26(33)29-24/h3-4,6-7,10-13H,2,5,8-9,14-19H2,1H3,(H,27,32)(H,28,29,33). The Hall–Kier alpha value is -3.03. The first-order valence-corrected chi connectivity index (χ1v) is 11.9. The minimum absolute atomic E-state index is 0.0102. The molecule has 1 aliphatic rings. The van der Waals surface area contributed by atoms with Crippen molar-refractivity contribution in [2.45, 2.75) is 39.3 Å². The summed E-state index contributed by atoms with van der Waals surface area (Å²) in [5, 5.41) is 3.58. The molecule has 2 aromatic carbocycles. The molecule has 4 rings (SSSR count). The Bertz CT molecular complexity index is 1120. The maximum Gasteiger partial charge on any atom is 0.258 e. The van der Waals surface area contributed by atoms with E-state index in [9.17, 15) is 9.59 Å². The van der Waals surface area contributed by atoms with Crippen molar-refractivity contribution >= 4 is 16.8 Å². The number of hydrogen-bond acceptors (Lipinski definition) is 5. The Kier molecular flexibility index (Phi) is 7.86. The summed E-state index contributed by atoms with van der Waals surface area (Å²) in [6.07, 6.45) is 1.60. The summed E-state index contributed by atoms with van der Waals surface area (Å²) < 4.78 is 0. The lowest BCUT2D eigenvalue weighted by Crippen LogP contribution is -2.45. The van der Waals surface area contributed by atoms with Crippen molar-refractivity contribution in [2.24, 2.45) is 0 Å². The molecular formula is C26H33N5O2. The molecule has 174 valence electrons. The van der Waals surface area contributed by atoms with Crippen LogP contribution in [0.2, 0.25) is 0 Å². The Morgan fingerprint density at radius 2 is 1.70 bits per heavy atom. The number of H-pyrrole nitrogens is 1. The van der Waals surface area contributed by atoms with E-state index >= 15 is 0 Å². The molecule has 7 heteroatoms. The molecule has 3 aromatic rings. The first-order chi connectivity index (χ1) is 16.1. The highest BCUT2D eigenvalue weighted by atomic mass is 16.1. The maximum atomic E-state index is 12.3. The normalized spacial score (nSPS) is 15.1. The molecule has 33 heavy (non-hydrogen) atoms. The van der Waals surface area contributed by atoms with Crippen molar-refractivity contribution < 1.29 is 4.79 Å². The van der Waals surface area contributed by atoms with E-state index in [1.165, 1.54) is 5.56 Å². The van der Waals surface area contributed by atoms with Crippen LogP contribution in [0, 0.1) is 0 Å². The van der Waals surface area contributed by atoms with E-state index < -0.39 is 0 Å². The van der Waals surface area contributed by atoms with Crippen molar-refractivity contribution in [2.75, 3.05) is 32.7 Å². The van der Waals surface area contributed by atoms with Gasteiger partial charge >= 0.3 is 0 Å². The highest BCUT2D eigenvalue weighted by molar-refractivity contribution is 5.77. The van der Waals surface area contributed by atoms with Gasteiger partial charge in [0.25, 0.3) is 5.56 Å². The molecule has 0 spiro atoms. The third kappa shape index (κ3) is 6.49. The minimum Gasteiger partial charge on any atom is -0.352 e. The first-order valence-electron chi connectivity index (χ1n) is 11.9. The second-order valence-electron chi connectivity index (χ2n) is 8.69. The zero-order chi connectivity index (χ0) is 23.0. The van der Waals surface area contributed by atoms with E-state index in [-0.39, 0.29) is 11.5 Å². The number of amides is 1.